The number of nitrogens with two attached hydrogens (primary N) is 1. The summed E-state index contributed by atoms with van der Waals surface area (Å²) in [4.78, 5) is 14.8. The van der Waals surface area contributed by atoms with Crippen LogP contribution in [0.5, 0.6) is 0 Å². The molecule has 14 heavy (non-hydrogen) atoms. The van der Waals surface area contributed by atoms with E-state index in [0.717, 1.165) is 0 Å². The summed E-state index contributed by atoms with van der Waals surface area (Å²) < 4.78 is 0. The molecule has 0 saturated carbocycles. The zero-order chi connectivity index (χ0) is 10.6. The molecule has 1 aromatic rings. The van der Waals surface area contributed by atoms with Crippen molar-refractivity contribution in [3.63, 3.8) is 0 Å². The van der Waals surface area contributed by atoms with Crippen LogP contribution in [-0.4, -0.2) is 29.1 Å². The van der Waals surface area contributed by atoms with Gasteiger partial charge in [0, 0.05) is 18.8 Å². The third-order valence-electron chi connectivity index (χ3n) is 1.65. The van der Waals surface area contributed by atoms with Crippen LogP contribution in [0.15, 0.2) is 12.1 Å². The predicted octanol–water partition coefficient (Wildman–Crippen LogP) is 0.459. The maximum Gasteiger partial charge on any atom is 0.335 e. The van der Waals surface area contributed by atoms with Gasteiger partial charge in [-0.15, -0.1) is 0 Å². The number of carboxylic acid groups (broad SMARTS) is 1. The number of hydrogen-bond donors (Lipinski definition) is 3. The Kier molecular flexibility index (Phi) is 3.41. The molecule has 1 aromatic heterocycles. The number of hydrogen-bond acceptors (Lipinski definition) is 4. The molecule has 0 amide bonds. The fourth-order valence-electron chi connectivity index (χ4n) is 1.08. The third kappa shape index (κ3) is 2.70. The Morgan fingerprint density at radius 3 is 2.93 bits per heavy atom. The van der Waals surface area contributed by atoms with Gasteiger partial charge in [-0.2, -0.15) is 0 Å². The number of nitrogens with zero attached hydrogens (tertiary/aromatic N) is 1. The lowest BCUT2D eigenvalue weighted by atomic mass is 10.2. The van der Waals surface area contributed by atoms with E-state index in [1.165, 1.54) is 12.1 Å². The third-order valence-corrected chi connectivity index (χ3v) is 1.65. The first-order chi connectivity index (χ1) is 6.63. The minimum atomic E-state index is -0.953. The van der Waals surface area contributed by atoms with Crippen molar-refractivity contribution in [3.05, 3.63) is 23.4 Å². The van der Waals surface area contributed by atoms with Gasteiger partial charge in [0.2, 0.25) is 0 Å². The molecule has 0 atom stereocenters. The molecule has 0 radical (unpaired) electrons. The number of anilines is 1. The first-order valence-corrected chi connectivity index (χ1v) is 4.29. The molecule has 76 valence electrons. The lowest BCUT2D eigenvalue weighted by Crippen LogP contribution is -2.14. The molecule has 0 aliphatic heterocycles. The molecule has 0 unspecified atom stereocenters. The first-order valence-electron chi connectivity index (χ1n) is 4.29. The monoisotopic (exact) mass is 195 g/mol. The summed E-state index contributed by atoms with van der Waals surface area (Å²) in [5.41, 5.74) is 6.21. The van der Waals surface area contributed by atoms with Gasteiger partial charge >= 0.3 is 5.97 Å². The number of carbonyl (C=O) groups is 1. The van der Waals surface area contributed by atoms with Crippen LogP contribution >= 0.6 is 0 Å². The number of aromatic nitrogens is 1. The molecule has 0 aliphatic rings. The minimum absolute atomic E-state index is 0.233. The Morgan fingerprint density at radius 2 is 2.36 bits per heavy atom. The van der Waals surface area contributed by atoms with Crippen molar-refractivity contribution in [3.8, 4) is 0 Å². The number of rotatable bonds is 4. The predicted molar refractivity (Wildman–Crippen MR) is 53.5 cm³/mol. The maximum absolute atomic E-state index is 10.7. The van der Waals surface area contributed by atoms with Crippen LogP contribution < -0.4 is 11.1 Å². The van der Waals surface area contributed by atoms with Gasteiger partial charge in [-0.05, 0) is 19.1 Å². The van der Waals surface area contributed by atoms with Crippen LogP contribution in [0.2, 0.25) is 0 Å². The summed E-state index contributed by atoms with van der Waals surface area (Å²) in [6.07, 6.45) is 0. The second-order valence-electron chi connectivity index (χ2n) is 2.90. The van der Waals surface area contributed by atoms with Crippen molar-refractivity contribution in [1.29, 1.82) is 0 Å². The van der Waals surface area contributed by atoms with Crippen LogP contribution in [0.4, 0.5) is 5.82 Å². The van der Waals surface area contributed by atoms with Gasteiger partial charge in [-0.3, -0.25) is 0 Å². The van der Waals surface area contributed by atoms with Crippen molar-refractivity contribution in [2.75, 3.05) is 18.4 Å². The molecule has 1 heterocycles. The van der Waals surface area contributed by atoms with Crippen LogP contribution in [-0.2, 0) is 0 Å². The molecule has 5 nitrogen and oxygen atoms in total. The zero-order valence-electron chi connectivity index (χ0n) is 7.95. The second kappa shape index (κ2) is 4.57. The number of pyridine rings is 1. The second-order valence-corrected chi connectivity index (χ2v) is 2.90. The Morgan fingerprint density at radius 1 is 1.64 bits per heavy atom. The molecular weight excluding hydrogens is 182 g/mol. The largest absolute Gasteiger partial charge is 0.478 e. The lowest BCUT2D eigenvalue weighted by molar-refractivity contribution is 0.0696. The summed E-state index contributed by atoms with van der Waals surface area (Å²) in [6.45, 7) is 2.81. The van der Waals surface area contributed by atoms with E-state index in [2.05, 4.69) is 10.3 Å². The van der Waals surface area contributed by atoms with Gasteiger partial charge in [-0.1, -0.05) is 0 Å². The minimum Gasteiger partial charge on any atom is -0.478 e. The first kappa shape index (κ1) is 10.5. The lowest BCUT2D eigenvalue weighted by Gasteiger charge is -2.05. The van der Waals surface area contributed by atoms with Gasteiger partial charge in [0.25, 0.3) is 0 Å². The fraction of sp³-hybridized carbons (Fsp3) is 0.333. The summed E-state index contributed by atoms with van der Waals surface area (Å²) >= 11 is 0. The van der Waals surface area contributed by atoms with Gasteiger partial charge in [0.05, 0.1) is 5.56 Å². The van der Waals surface area contributed by atoms with Crippen LogP contribution in [0.3, 0.4) is 0 Å². The van der Waals surface area contributed by atoms with Crippen molar-refractivity contribution in [2.45, 2.75) is 6.92 Å². The number of aromatic carboxylic acids is 1. The molecule has 0 aromatic carbocycles. The SMILES string of the molecule is Cc1cc(C(=O)O)cc(NCCN)n1. The van der Waals surface area contributed by atoms with E-state index in [4.69, 9.17) is 10.8 Å². The number of carboxylic acids is 1. The number of aryl methyl sites for hydroxylation is 1. The fourth-order valence-corrected chi connectivity index (χ4v) is 1.08. The average Bonchev–Trinajstić information content (AvgIpc) is 2.14. The van der Waals surface area contributed by atoms with Crippen molar-refractivity contribution < 1.29 is 9.90 Å². The number of nitrogens with one attached hydrogen (secondary N) is 1. The molecule has 0 fully saturated rings. The van der Waals surface area contributed by atoms with Crippen molar-refractivity contribution in [1.82, 2.24) is 4.98 Å². The molecule has 1 rings (SSSR count). The van der Waals surface area contributed by atoms with Gasteiger partial charge in [0.15, 0.2) is 0 Å². The van der Waals surface area contributed by atoms with E-state index in [1.54, 1.807) is 6.92 Å². The van der Waals surface area contributed by atoms with Gasteiger partial charge in [-0.25, -0.2) is 9.78 Å². The van der Waals surface area contributed by atoms with E-state index in [9.17, 15) is 4.79 Å². The van der Waals surface area contributed by atoms with Crippen molar-refractivity contribution in [2.24, 2.45) is 5.73 Å². The quantitative estimate of drug-likeness (QED) is 0.649. The Hall–Kier alpha value is -1.62. The van der Waals surface area contributed by atoms with E-state index >= 15 is 0 Å². The molecule has 0 bridgehead atoms. The summed E-state index contributed by atoms with van der Waals surface area (Å²) in [5.74, 6) is -0.404. The Labute approximate surface area is 82.0 Å². The maximum atomic E-state index is 10.7. The highest BCUT2D eigenvalue weighted by Gasteiger charge is 2.05. The Bertz CT molecular complexity index is 339. The van der Waals surface area contributed by atoms with E-state index in [-0.39, 0.29) is 5.56 Å². The summed E-state index contributed by atoms with van der Waals surface area (Å²) in [5, 5.41) is 11.7. The normalized spacial score (nSPS) is 9.86. The molecule has 0 spiro atoms. The summed E-state index contributed by atoms with van der Waals surface area (Å²) in [6, 6.07) is 3.01. The van der Waals surface area contributed by atoms with Crippen LogP contribution in [0, 0.1) is 6.92 Å². The molecule has 4 N–H and O–H groups in total. The van der Waals surface area contributed by atoms with E-state index in [0.29, 0.717) is 24.6 Å². The zero-order valence-corrected chi connectivity index (χ0v) is 7.95. The molecular formula is C9H13N3O2. The van der Waals surface area contributed by atoms with Crippen LogP contribution in [0.1, 0.15) is 16.1 Å². The van der Waals surface area contributed by atoms with Gasteiger partial charge in [0.1, 0.15) is 5.82 Å². The van der Waals surface area contributed by atoms with Gasteiger partial charge < -0.3 is 16.2 Å². The van der Waals surface area contributed by atoms with E-state index < -0.39 is 5.97 Å². The highest BCUT2D eigenvalue weighted by atomic mass is 16.4. The highest BCUT2D eigenvalue weighted by Crippen LogP contribution is 2.09. The van der Waals surface area contributed by atoms with Crippen LogP contribution in [0.25, 0.3) is 0 Å². The topological polar surface area (TPSA) is 88.2 Å². The average molecular weight is 195 g/mol. The Balaban J connectivity index is 2.89. The molecule has 0 aliphatic carbocycles. The highest BCUT2D eigenvalue weighted by molar-refractivity contribution is 5.88. The summed E-state index contributed by atoms with van der Waals surface area (Å²) in [7, 11) is 0. The van der Waals surface area contributed by atoms with Crippen molar-refractivity contribution >= 4 is 11.8 Å². The molecule has 0 saturated heterocycles. The van der Waals surface area contributed by atoms with E-state index in [1.807, 2.05) is 0 Å². The standard InChI is InChI=1S/C9H13N3O2/c1-6-4-7(9(13)14)5-8(12-6)11-3-2-10/h4-5H,2-3,10H2,1H3,(H,11,12)(H,13,14). The molecule has 5 heteroatoms. The smallest absolute Gasteiger partial charge is 0.335 e.